The van der Waals surface area contributed by atoms with Gasteiger partial charge >= 0.3 is 0 Å². The third kappa shape index (κ3) is 4.78. The number of hydrogen-bond donors (Lipinski definition) is 2. The van der Waals surface area contributed by atoms with Crippen LogP contribution in [-0.2, 0) is 16.6 Å². The number of carbonyl (C=O) groups is 2. The summed E-state index contributed by atoms with van der Waals surface area (Å²) < 4.78 is 46.1. The Morgan fingerprint density at radius 1 is 1.14 bits per heavy atom. The van der Waals surface area contributed by atoms with Gasteiger partial charge < -0.3 is 15.5 Å². The molecule has 0 radical (unpaired) electrons. The number of carbonyl (C=O) groups excluding carboxylic acids is 2. The number of fused-ring (bicyclic) bond motifs is 1. The molecule has 0 aliphatic carbocycles. The van der Waals surface area contributed by atoms with Crippen LogP contribution in [0.25, 0.3) is 22.4 Å². The van der Waals surface area contributed by atoms with Crippen LogP contribution in [0.3, 0.4) is 0 Å². The molecule has 2 aromatic carbocycles. The molecule has 2 heterocycles. The fourth-order valence-electron chi connectivity index (χ4n) is 3.86. The lowest BCUT2D eigenvalue weighted by Crippen LogP contribution is -2.31. The van der Waals surface area contributed by atoms with E-state index in [2.05, 4.69) is 10.3 Å². The van der Waals surface area contributed by atoms with Crippen LogP contribution in [0.5, 0.6) is 0 Å². The van der Waals surface area contributed by atoms with E-state index in [1.54, 1.807) is 25.1 Å². The molecule has 36 heavy (non-hydrogen) atoms. The molecule has 0 aliphatic rings. The number of anilines is 1. The molecule has 0 saturated heterocycles. The number of furan rings is 1. The van der Waals surface area contributed by atoms with Crippen LogP contribution in [0.1, 0.15) is 31.8 Å². The van der Waals surface area contributed by atoms with Gasteiger partial charge in [-0.15, -0.1) is 0 Å². The summed E-state index contributed by atoms with van der Waals surface area (Å²) in [7, 11) is -2.36. The Balaban J connectivity index is 1.89. The first-order valence-corrected chi connectivity index (χ1v) is 12.6. The van der Waals surface area contributed by atoms with E-state index in [0.717, 1.165) is 10.6 Å². The average molecular weight is 511 g/mol. The molecular formula is C25H23FN4O5S. The van der Waals surface area contributed by atoms with Crippen molar-refractivity contribution in [1.82, 2.24) is 10.3 Å². The number of sulfonamides is 1. The molecule has 0 unspecified atom stereocenters. The molecule has 2 aromatic heterocycles. The molecule has 0 spiro atoms. The van der Waals surface area contributed by atoms with E-state index in [-0.39, 0.29) is 35.0 Å². The molecule has 2 amide bonds. The number of halogens is 1. The highest BCUT2D eigenvalue weighted by Gasteiger charge is 2.27. The second-order valence-corrected chi connectivity index (χ2v) is 10.1. The monoisotopic (exact) mass is 510 g/mol. The van der Waals surface area contributed by atoms with Crippen molar-refractivity contribution in [2.45, 2.75) is 13.5 Å². The van der Waals surface area contributed by atoms with Crippen LogP contribution < -0.4 is 15.4 Å². The Kier molecular flexibility index (Phi) is 6.51. The van der Waals surface area contributed by atoms with E-state index < -0.39 is 27.7 Å². The quantitative estimate of drug-likeness (QED) is 0.391. The molecule has 3 N–H and O–H groups in total. The SMILES string of the molecule is CNC(=O)c1c(-c2ccc(F)cc2)oc2nc(N(Cc3cccc(C(N)=O)c3)S(C)(=O)=O)c(C)cc12. The van der Waals surface area contributed by atoms with Gasteiger partial charge in [0, 0.05) is 18.2 Å². The Labute approximate surface area is 206 Å². The summed E-state index contributed by atoms with van der Waals surface area (Å²) in [4.78, 5) is 28.8. The minimum absolute atomic E-state index is 0.0352. The Morgan fingerprint density at radius 2 is 1.83 bits per heavy atom. The van der Waals surface area contributed by atoms with Crippen LogP contribution >= 0.6 is 0 Å². The Bertz CT molecular complexity index is 1600. The van der Waals surface area contributed by atoms with Crippen LogP contribution in [0.2, 0.25) is 0 Å². The predicted molar refractivity (Wildman–Crippen MR) is 134 cm³/mol. The second kappa shape index (κ2) is 9.42. The van der Waals surface area contributed by atoms with Crippen molar-refractivity contribution in [2.24, 2.45) is 5.73 Å². The van der Waals surface area contributed by atoms with Gasteiger partial charge in [0.25, 0.3) is 5.91 Å². The molecule has 4 aromatic rings. The van der Waals surface area contributed by atoms with E-state index in [4.69, 9.17) is 10.2 Å². The standard InChI is InChI=1S/C25H23FN4O5S/c1-14-11-19-20(24(32)28-2)21(16-7-9-18(26)10-8-16)35-25(19)29-23(14)30(36(3,33)34)13-15-5-4-6-17(12-15)22(27)31/h4-12H,13H2,1-3H3,(H2,27,31)(H,28,32). The van der Waals surface area contributed by atoms with Gasteiger partial charge in [0.1, 0.15) is 17.4 Å². The van der Waals surface area contributed by atoms with E-state index in [1.165, 1.54) is 43.4 Å². The Morgan fingerprint density at radius 3 is 2.44 bits per heavy atom. The molecule has 4 rings (SSSR count). The summed E-state index contributed by atoms with van der Waals surface area (Å²) in [6, 6.07) is 13.4. The first-order valence-electron chi connectivity index (χ1n) is 10.8. The number of aryl methyl sites for hydroxylation is 1. The third-order valence-corrected chi connectivity index (χ3v) is 6.68. The number of benzene rings is 2. The van der Waals surface area contributed by atoms with Gasteiger partial charge in [-0.1, -0.05) is 12.1 Å². The number of nitrogens with two attached hydrogens (primary N) is 1. The minimum Gasteiger partial charge on any atom is -0.437 e. The third-order valence-electron chi connectivity index (χ3n) is 5.58. The molecule has 0 bridgehead atoms. The maximum Gasteiger partial charge on any atom is 0.255 e. The Hall–Kier alpha value is -4.25. The van der Waals surface area contributed by atoms with Crippen molar-refractivity contribution in [1.29, 1.82) is 0 Å². The molecular weight excluding hydrogens is 487 g/mol. The van der Waals surface area contributed by atoms with Gasteiger partial charge in [-0.05, 0) is 60.5 Å². The lowest BCUT2D eigenvalue weighted by Gasteiger charge is -2.23. The summed E-state index contributed by atoms with van der Waals surface area (Å²) in [6.45, 7) is 1.55. The summed E-state index contributed by atoms with van der Waals surface area (Å²) in [5, 5.41) is 2.94. The normalized spacial score (nSPS) is 11.4. The maximum atomic E-state index is 13.5. The number of rotatable bonds is 7. The van der Waals surface area contributed by atoms with Crippen LogP contribution in [0.15, 0.2) is 59.0 Å². The lowest BCUT2D eigenvalue weighted by atomic mass is 10.0. The second-order valence-electron chi connectivity index (χ2n) is 8.21. The van der Waals surface area contributed by atoms with E-state index in [0.29, 0.717) is 22.1 Å². The number of primary amides is 1. The summed E-state index contributed by atoms with van der Waals surface area (Å²) in [5.74, 6) is -1.25. The summed E-state index contributed by atoms with van der Waals surface area (Å²) >= 11 is 0. The van der Waals surface area contributed by atoms with Crippen molar-refractivity contribution in [3.8, 4) is 11.3 Å². The van der Waals surface area contributed by atoms with Crippen molar-refractivity contribution < 1.29 is 26.8 Å². The number of hydrogen-bond acceptors (Lipinski definition) is 6. The number of nitrogens with one attached hydrogen (secondary N) is 1. The number of amides is 2. The van der Waals surface area contributed by atoms with Gasteiger partial charge in [0.15, 0.2) is 0 Å². The van der Waals surface area contributed by atoms with Gasteiger partial charge in [-0.3, -0.25) is 9.59 Å². The average Bonchev–Trinajstić information content (AvgIpc) is 3.19. The summed E-state index contributed by atoms with van der Waals surface area (Å²) in [5.41, 5.74) is 7.27. The number of nitrogens with zero attached hydrogens (tertiary/aromatic N) is 2. The van der Waals surface area contributed by atoms with Crippen LogP contribution in [0, 0.1) is 12.7 Å². The fraction of sp³-hybridized carbons (Fsp3) is 0.160. The lowest BCUT2D eigenvalue weighted by molar-refractivity contribution is 0.0963. The zero-order chi connectivity index (χ0) is 26.2. The topological polar surface area (TPSA) is 136 Å². The van der Waals surface area contributed by atoms with Crippen molar-refractivity contribution >= 4 is 38.8 Å². The maximum absolute atomic E-state index is 13.5. The van der Waals surface area contributed by atoms with E-state index >= 15 is 0 Å². The molecule has 0 saturated carbocycles. The first-order chi connectivity index (χ1) is 17.0. The van der Waals surface area contributed by atoms with Gasteiger partial charge in [0.05, 0.1) is 23.8 Å². The van der Waals surface area contributed by atoms with Crippen LogP contribution in [0.4, 0.5) is 10.2 Å². The van der Waals surface area contributed by atoms with Crippen LogP contribution in [-0.4, -0.2) is 38.5 Å². The van der Waals surface area contributed by atoms with Crippen molar-refractivity contribution in [2.75, 3.05) is 17.6 Å². The van der Waals surface area contributed by atoms with E-state index in [1.807, 2.05) is 0 Å². The largest absolute Gasteiger partial charge is 0.437 e. The molecule has 11 heteroatoms. The number of pyridine rings is 1. The van der Waals surface area contributed by atoms with Crippen molar-refractivity contribution in [3.63, 3.8) is 0 Å². The highest BCUT2D eigenvalue weighted by atomic mass is 32.2. The van der Waals surface area contributed by atoms with E-state index in [9.17, 15) is 22.4 Å². The highest BCUT2D eigenvalue weighted by molar-refractivity contribution is 7.92. The van der Waals surface area contributed by atoms with Gasteiger partial charge in [0.2, 0.25) is 21.6 Å². The number of aromatic nitrogens is 1. The fourth-order valence-corrected chi connectivity index (χ4v) is 4.74. The molecule has 0 fully saturated rings. The zero-order valence-electron chi connectivity index (χ0n) is 19.7. The smallest absolute Gasteiger partial charge is 0.255 e. The first kappa shape index (κ1) is 24.9. The predicted octanol–water partition coefficient (Wildman–Crippen LogP) is 3.37. The molecule has 0 atom stereocenters. The van der Waals surface area contributed by atoms with Crippen molar-refractivity contribution in [3.05, 3.63) is 82.7 Å². The molecule has 9 nitrogen and oxygen atoms in total. The highest BCUT2D eigenvalue weighted by Crippen LogP contribution is 2.36. The van der Waals surface area contributed by atoms with Gasteiger partial charge in [-0.2, -0.15) is 4.98 Å². The zero-order valence-corrected chi connectivity index (χ0v) is 20.5. The molecule has 186 valence electrons. The summed E-state index contributed by atoms with van der Waals surface area (Å²) in [6.07, 6.45) is 1.04. The minimum atomic E-state index is -3.83. The van der Waals surface area contributed by atoms with Gasteiger partial charge in [-0.25, -0.2) is 17.1 Å². The molecule has 0 aliphatic heterocycles.